The van der Waals surface area contributed by atoms with E-state index in [1.807, 2.05) is 0 Å². The van der Waals surface area contributed by atoms with E-state index in [4.69, 9.17) is 0 Å². The van der Waals surface area contributed by atoms with Gasteiger partial charge in [0.15, 0.2) is 0 Å². The highest BCUT2D eigenvalue weighted by atomic mass is 19.4. The first-order valence-electron chi connectivity index (χ1n) is 10.2. The zero-order chi connectivity index (χ0) is 24.3. The van der Waals surface area contributed by atoms with Gasteiger partial charge in [0, 0.05) is 30.1 Å². The minimum atomic E-state index is -4.57. The Hall–Kier alpha value is -2.43. The Bertz CT molecular complexity index is 819. The second-order valence-corrected chi connectivity index (χ2v) is 8.83. The van der Waals surface area contributed by atoms with E-state index in [9.17, 15) is 37.0 Å². The quantitative estimate of drug-likeness (QED) is 0.567. The molecule has 1 aromatic carbocycles. The first kappa shape index (κ1) is 25.8. The molecule has 0 aliphatic carbocycles. The van der Waals surface area contributed by atoms with Gasteiger partial charge in [-0.05, 0) is 45.7 Å². The Labute approximate surface area is 183 Å². The number of amidine groups is 1. The number of nitrogens with one attached hydrogen (secondary N) is 1. The van der Waals surface area contributed by atoms with Gasteiger partial charge >= 0.3 is 12.3 Å². The number of hydrogen-bond acceptors (Lipinski definition) is 4. The molecule has 1 amide bonds. The number of aliphatic hydroxyl groups is 1. The van der Waals surface area contributed by atoms with Crippen LogP contribution in [-0.4, -0.2) is 64.0 Å². The van der Waals surface area contributed by atoms with Crippen LogP contribution in [0.25, 0.3) is 0 Å². The van der Waals surface area contributed by atoms with E-state index in [0.29, 0.717) is 0 Å². The lowest BCUT2D eigenvalue weighted by Crippen LogP contribution is -2.57. The van der Waals surface area contributed by atoms with E-state index in [1.54, 1.807) is 20.8 Å². The number of aliphatic hydroxyl groups excluding tert-OH is 1. The third kappa shape index (κ3) is 6.78. The average molecular weight is 465 g/mol. The monoisotopic (exact) mass is 465 g/mol. The molecule has 3 N–H and O–H groups in total. The van der Waals surface area contributed by atoms with E-state index in [1.165, 1.54) is 6.07 Å². The summed E-state index contributed by atoms with van der Waals surface area (Å²) < 4.78 is 66.2. The van der Waals surface area contributed by atoms with Crippen LogP contribution in [0.5, 0.6) is 0 Å². The van der Waals surface area contributed by atoms with Crippen LogP contribution >= 0.6 is 0 Å². The molecule has 0 spiro atoms. The summed E-state index contributed by atoms with van der Waals surface area (Å²) in [6.45, 7) is 4.34. The molecule has 0 bridgehead atoms. The highest BCUT2D eigenvalue weighted by Crippen LogP contribution is 2.32. The molecule has 1 aliphatic rings. The van der Waals surface area contributed by atoms with Crippen molar-refractivity contribution in [2.24, 2.45) is 4.99 Å². The summed E-state index contributed by atoms with van der Waals surface area (Å²) in [5, 5.41) is 22.2. The molecule has 0 saturated heterocycles. The summed E-state index contributed by atoms with van der Waals surface area (Å²) in [5.74, 6) is -2.12. The van der Waals surface area contributed by atoms with Crippen molar-refractivity contribution in [3.8, 4) is 0 Å². The third-order valence-electron chi connectivity index (χ3n) is 5.22. The molecule has 0 aromatic heterocycles. The standard InChI is InChI=1S/C21H28F5N3O3/c1-20(2,3)29(19(31)32)16-8-7-12(17-14(22)5-4-6-15(17)23)10-27-18(16)28-11-13(30)9-21(24,25)26/h4-6,12-13,16,30H,7-11H2,1-3H3,(H,27,28)(H,31,32)/t12-,13?,16-/m1/s1. The van der Waals surface area contributed by atoms with Crippen LogP contribution in [0, 0.1) is 11.6 Å². The molecule has 0 fully saturated rings. The molecule has 1 aliphatic heterocycles. The van der Waals surface area contributed by atoms with Crippen LogP contribution in [-0.2, 0) is 0 Å². The van der Waals surface area contributed by atoms with Crippen molar-refractivity contribution < 1.29 is 37.0 Å². The Balaban J connectivity index is 2.35. The number of alkyl halides is 3. The number of amides is 1. The number of hydrogen-bond donors (Lipinski definition) is 3. The van der Waals surface area contributed by atoms with E-state index >= 15 is 0 Å². The van der Waals surface area contributed by atoms with Gasteiger partial charge in [-0.15, -0.1) is 0 Å². The number of nitrogens with zero attached hydrogens (tertiary/aromatic N) is 2. The number of halogens is 5. The first-order chi connectivity index (χ1) is 14.7. The summed E-state index contributed by atoms with van der Waals surface area (Å²) in [6.07, 6.45) is -8.73. The Kier molecular flexibility index (Phi) is 8.08. The minimum absolute atomic E-state index is 0.0581. The molecule has 1 unspecified atom stereocenters. The second kappa shape index (κ2) is 10.0. The fourth-order valence-electron chi connectivity index (χ4n) is 3.91. The minimum Gasteiger partial charge on any atom is -0.465 e. The number of aliphatic imine (C=N–C) groups is 1. The molecule has 11 heteroatoms. The second-order valence-electron chi connectivity index (χ2n) is 8.83. The van der Waals surface area contributed by atoms with E-state index in [2.05, 4.69) is 10.3 Å². The van der Waals surface area contributed by atoms with Crippen molar-refractivity contribution in [2.45, 2.75) is 69.8 Å². The van der Waals surface area contributed by atoms with Crippen molar-refractivity contribution >= 4 is 11.9 Å². The summed E-state index contributed by atoms with van der Waals surface area (Å²) in [4.78, 5) is 17.4. The summed E-state index contributed by atoms with van der Waals surface area (Å²) in [6, 6.07) is 2.58. The van der Waals surface area contributed by atoms with Gasteiger partial charge < -0.3 is 15.5 Å². The van der Waals surface area contributed by atoms with Crippen LogP contribution in [0.3, 0.4) is 0 Å². The van der Waals surface area contributed by atoms with Gasteiger partial charge in [0.2, 0.25) is 0 Å². The van der Waals surface area contributed by atoms with Crippen molar-refractivity contribution in [3.05, 3.63) is 35.4 Å². The number of carbonyl (C=O) groups is 1. The lowest BCUT2D eigenvalue weighted by atomic mass is 9.91. The Morgan fingerprint density at radius 2 is 1.81 bits per heavy atom. The highest BCUT2D eigenvalue weighted by Gasteiger charge is 2.39. The molecule has 32 heavy (non-hydrogen) atoms. The molecular formula is C21H28F5N3O3. The van der Waals surface area contributed by atoms with Crippen LogP contribution in [0.4, 0.5) is 26.7 Å². The molecular weight excluding hydrogens is 437 g/mol. The van der Waals surface area contributed by atoms with Gasteiger partial charge in [0.1, 0.15) is 17.5 Å². The maximum Gasteiger partial charge on any atom is 0.408 e. The third-order valence-corrected chi connectivity index (χ3v) is 5.22. The van der Waals surface area contributed by atoms with Gasteiger partial charge in [0.25, 0.3) is 0 Å². The van der Waals surface area contributed by atoms with Crippen LogP contribution < -0.4 is 5.32 Å². The van der Waals surface area contributed by atoms with Crippen molar-refractivity contribution in [1.82, 2.24) is 10.2 Å². The predicted octanol–water partition coefficient (Wildman–Crippen LogP) is 4.29. The van der Waals surface area contributed by atoms with Gasteiger partial charge in [-0.1, -0.05) is 6.07 Å². The topological polar surface area (TPSA) is 85.2 Å². The molecule has 1 aromatic rings. The zero-order valence-electron chi connectivity index (χ0n) is 18.1. The Morgan fingerprint density at radius 3 is 2.31 bits per heavy atom. The maximum atomic E-state index is 14.3. The van der Waals surface area contributed by atoms with Gasteiger partial charge in [-0.25, -0.2) is 13.6 Å². The summed E-state index contributed by atoms with van der Waals surface area (Å²) in [7, 11) is 0. The summed E-state index contributed by atoms with van der Waals surface area (Å²) in [5.41, 5.74) is -1.06. The SMILES string of the molecule is CC(C)(C)N(C(=O)O)[C@@H]1CC[C@@H](c2c(F)cccc2F)CN=C1NCC(O)CC(F)(F)F. The van der Waals surface area contributed by atoms with E-state index < -0.39 is 60.5 Å². The fraction of sp³-hybridized carbons (Fsp3) is 0.619. The number of carboxylic acid groups (broad SMARTS) is 1. The lowest BCUT2D eigenvalue weighted by molar-refractivity contribution is -0.152. The molecule has 2 rings (SSSR count). The van der Waals surface area contributed by atoms with Crippen molar-refractivity contribution in [1.29, 1.82) is 0 Å². The Morgan fingerprint density at radius 1 is 1.22 bits per heavy atom. The maximum absolute atomic E-state index is 14.3. The van der Waals surface area contributed by atoms with Gasteiger partial charge in [0.05, 0.1) is 18.6 Å². The molecule has 1 heterocycles. The van der Waals surface area contributed by atoms with Crippen LogP contribution in [0.15, 0.2) is 23.2 Å². The first-order valence-corrected chi connectivity index (χ1v) is 10.2. The number of benzene rings is 1. The zero-order valence-corrected chi connectivity index (χ0v) is 18.1. The molecule has 6 nitrogen and oxygen atoms in total. The molecule has 0 saturated carbocycles. The number of rotatable bonds is 5. The molecule has 180 valence electrons. The van der Waals surface area contributed by atoms with E-state index in [-0.39, 0.29) is 30.8 Å². The largest absolute Gasteiger partial charge is 0.465 e. The smallest absolute Gasteiger partial charge is 0.408 e. The van der Waals surface area contributed by atoms with Crippen molar-refractivity contribution in [3.63, 3.8) is 0 Å². The van der Waals surface area contributed by atoms with Crippen LogP contribution in [0.2, 0.25) is 0 Å². The normalized spacial score (nSPS) is 20.8. The molecule has 0 radical (unpaired) electrons. The predicted molar refractivity (Wildman–Crippen MR) is 109 cm³/mol. The molecule has 3 atom stereocenters. The lowest BCUT2D eigenvalue weighted by Gasteiger charge is -2.40. The van der Waals surface area contributed by atoms with Gasteiger partial charge in [-0.2, -0.15) is 13.2 Å². The average Bonchev–Trinajstić information content (AvgIpc) is 2.80. The fourth-order valence-corrected chi connectivity index (χ4v) is 3.91. The highest BCUT2D eigenvalue weighted by molar-refractivity contribution is 5.90. The summed E-state index contributed by atoms with van der Waals surface area (Å²) >= 11 is 0. The van der Waals surface area contributed by atoms with Crippen molar-refractivity contribution in [2.75, 3.05) is 13.1 Å². The van der Waals surface area contributed by atoms with Crippen LogP contribution in [0.1, 0.15) is 51.5 Å². The van der Waals surface area contributed by atoms with Gasteiger partial charge in [-0.3, -0.25) is 9.89 Å². The van der Waals surface area contributed by atoms with E-state index in [0.717, 1.165) is 17.0 Å².